The van der Waals surface area contributed by atoms with Crippen molar-refractivity contribution in [1.29, 1.82) is 0 Å². The maximum Gasteiger partial charge on any atom is 0.451 e. The van der Waals surface area contributed by atoms with Gasteiger partial charge in [0.1, 0.15) is 18.3 Å². The number of nitrogens with zero attached hydrogens (tertiary/aromatic N) is 11. The predicted molar refractivity (Wildman–Crippen MR) is 386 cm³/mol. The Hall–Kier alpha value is -12.4. The van der Waals surface area contributed by atoms with E-state index >= 15 is 0 Å². The molecule has 0 fully saturated rings. The Balaban J connectivity index is 0.000000159. The molecule has 0 aliphatic carbocycles. The maximum atomic E-state index is 13.2. The standard InChI is InChI=1S/C23H28N8.3C18H14F3NO5/c1-7-29(8-2)20-11-9-19(10-12-20)21-24-22(30-17(5)13-15(3)27-30)26-23(25-21)31-18(6)14-16(4)28-31;3*1-2-22-12-10-6-4-3-5-9(10)7-8-11(12)13(23)17(15(22)25,16(26)27)14(24)18(19,20)21/h9-14H,7-8H2,1-6H3;3*3-8,13,23H,2H2,1H3,(H,26,27). The van der Waals surface area contributed by atoms with E-state index in [9.17, 15) is 113 Å². The highest BCUT2D eigenvalue weighted by Crippen LogP contribution is 2.55. The van der Waals surface area contributed by atoms with Crippen LogP contribution in [0.3, 0.4) is 0 Å². The number of ketones is 3. The van der Waals surface area contributed by atoms with Gasteiger partial charge < -0.3 is 50.2 Å². The number of hydrogen-bond donors (Lipinski definition) is 6. The van der Waals surface area contributed by atoms with E-state index in [0.717, 1.165) is 56.1 Å². The molecule has 10 aromatic rings. The molecule has 0 saturated heterocycles. The number of fused-ring (bicyclic) bond motifs is 9. The van der Waals surface area contributed by atoms with Crippen LogP contribution in [0, 0.1) is 43.9 Å². The number of Topliss-reactive ketones (excluding diaryl/α,β-unsaturated/α-hetero) is 3. The van der Waals surface area contributed by atoms with Crippen molar-refractivity contribution in [3.05, 3.63) is 185 Å². The summed E-state index contributed by atoms with van der Waals surface area (Å²) in [6, 6.07) is 40.4. The molecule has 3 amide bonds. The second-order valence-corrected chi connectivity index (χ2v) is 26.0. The SMILES string of the molecule is CCN(CC)c1ccc(-c2nc(-n3nc(C)cc3C)nc(-n3nc(C)cc3C)n2)cc1.CCN1C(=O)C(C(=O)O)(C(=O)C(F)(F)F)C(O)c2ccc3ccccc3c21.CCN1C(=O)C(C(=O)O)(C(=O)C(F)(F)F)C(O)c2ccc3ccccc3c21.CCN1C(=O)C(C(=O)O)(C(=O)C(F)(F)F)C(O)c2ccc3ccccc3c21. The number of carbonyl (C=O) groups excluding carboxylic acids is 6. The fourth-order valence-electron chi connectivity index (χ4n) is 14.3. The van der Waals surface area contributed by atoms with Crippen molar-refractivity contribution in [2.45, 2.75) is 99.2 Å². The molecule has 35 heteroatoms. The minimum Gasteiger partial charge on any atom is -0.480 e. The minimum absolute atomic E-state index is 0.0972. The lowest BCUT2D eigenvalue weighted by molar-refractivity contribution is -0.198. The number of halogens is 9. The fraction of sp³-hybridized carbons (Fsp3) is 0.299. The number of carbonyl (C=O) groups is 9. The molecular formula is C77H70F9N11O15. The third kappa shape index (κ3) is 13.7. The Bertz CT molecular complexity index is 5020. The highest BCUT2D eigenvalue weighted by molar-refractivity contribution is 6.32. The number of benzene rings is 7. The monoisotopic (exact) mass is 1560 g/mol. The van der Waals surface area contributed by atoms with E-state index in [0.29, 0.717) is 50.0 Å². The van der Waals surface area contributed by atoms with E-state index in [1.54, 1.807) is 82.2 Å². The number of alkyl halides is 9. The van der Waals surface area contributed by atoms with E-state index in [4.69, 9.17) is 15.0 Å². The first kappa shape index (κ1) is 82.1. The minimum atomic E-state index is -5.62. The number of aryl methyl sites for hydroxylation is 4. The van der Waals surface area contributed by atoms with E-state index in [1.165, 1.54) is 62.9 Å². The molecule has 586 valence electrons. The van der Waals surface area contributed by atoms with Gasteiger partial charge in [-0.2, -0.15) is 64.7 Å². The third-order valence-corrected chi connectivity index (χ3v) is 19.5. The van der Waals surface area contributed by atoms with Crippen LogP contribution in [-0.2, 0) is 43.2 Å². The molecule has 0 spiro atoms. The number of hydrogen-bond acceptors (Lipinski definition) is 18. The molecular weight excluding hydrogens is 1490 g/mol. The van der Waals surface area contributed by atoms with Crippen LogP contribution in [0.5, 0.6) is 0 Å². The highest BCUT2D eigenvalue weighted by Gasteiger charge is 2.73. The van der Waals surface area contributed by atoms with Gasteiger partial charge in [0.25, 0.3) is 47.0 Å². The highest BCUT2D eigenvalue weighted by atomic mass is 19.4. The Morgan fingerprint density at radius 2 is 0.705 bits per heavy atom. The van der Waals surface area contributed by atoms with Crippen LogP contribution in [0.15, 0.2) is 146 Å². The Labute approximate surface area is 629 Å². The molecule has 0 radical (unpaired) electrons. The molecule has 6 N–H and O–H groups in total. The first-order chi connectivity index (χ1) is 52.6. The van der Waals surface area contributed by atoms with Crippen LogP contribution in [0.25, 0.3) is 55.6 Å². The zero-order valence-electron chi connectivity index (χ0n) is 60.8. The molecule has 7 aromatic carbocycles. The second-order valence-electron chi connectivity index (χ2n) is 26.0. The van der Waals surface area contributed by atoms with Crippen molar-refractivity contribution in [2.75, 3.05) is 52.3 Å². The normalized spacial score (nSPS) is 19.5. The molecule has 3 aliphatic rings. The summed E-state index contributed by atoms with van der Waals surface area (Å²) in [5, 5.41) is 72.6. The lowest BCUT2D eigenvalue weighted by Crippen LogP contribution is -2.62. The summed E-state index contributed by atoms with van der Waals surface area (Å²) < 4.78 is 122. The van der Waals surface area contributed by atoms with Gasteiger partial charge in [-0.05, 0) is 115 Å². The summed E-state index contributed by atoms with van der Waals surface area (Å²) in [6.07, 6.45) is -24.3. The number of aliphatic carboxylic acids is 3. The predicted octanol–water partition coefficient (Wildman–Crippen LogP) is 11.3. The van der Waals surface area contributed by atoms with Crippen LogP contribution >= 0.6 is 0 Å². The molecule has 6 atom stereocenters. The molecule has 26 nitrogen and oxygen atoms in total. The van der Waals surface area contributed by atoms with Crippen molar-refractivity contribution in [2.24, 2.45) is 16.2 Å². The Morgan fingerprint density at radius 1 is 0.420 bits per heavy atom. The fourth-order valence-corrected chi connectivity index (χ4v) is 14.3. The molecule has 6 unspecified atom stereocenters. The summed E-state index contributed by atoms with van der Waals surface area (Å²) in [7, 11) is 0. The number of carboxylic acid groups (broad SMARTS) is 3. The average Bonchev–Trinajstić information content (AvgIpc) is 0.782. The van der Waals surface area contributed by atoms with E-state index in [2.05, 4.69) is 53.2 Å². The van der Waals surface area contributed by atoms with E-state index in [1.807, 2.05) is 39.8 Å². The van der Waals surface area contributed by atoms with Gasteiger partial charge in [-0.15, -0.1) is 0 Å². The molecule has 3 aromatic heterocycles. The molecule has 3 aliphatic heterocycles. The number of amides is 3. The van der Waals surface area contributed by atoms with Gasteiger partial charge in [-0.3, -0.25) is 43.2 Å². The largest absolute Gasteiger partial charge is 0.480 e. The van der Waals surface area contributed by atoms with Crippen molar-refractivity contribution in [3.63, 3.8) is 0 Å². The van der Waals surface area contributed by atoms with Crippen molar-refractivity contribution >= 4 is 108 Å². The molecule has 13 rings (SSSR count). The quantitative estimate of drug-likeness (QED) is 0.0410. The number of aliphatic hydroxyl groups excluding tert-OH is 3. The number of aliphatic hydroxyl groups is 3. The van der Waals surface area contributed by atoms with Gasteiger partial charge in [-0.25, -0.2) is 9.36 Å². The zero-order chi connectivity index (χ0) is 82.6. The molecule has 6 heterocycles. The van der Waals surface area contributed by atoms with Gasteiger partial charge in [0.2, 0.25) is 16.2 Å². The van der Waals surface area contributed by atoms with E-state index in [-0.39, 0.29) is 53.4 Å². The Morgan fingerprint density at radius 3 is 0.946 bits per heavy atom. The topological polar surface area (TPSA) is 362 Å². The summed E-state index contributed by atoms with van der Waals surface area (Å²) in [5.74, 6) is -18.8. The summed E-state index contributed by atoms with van der Waals surface area (Å²) in [4.78, 5) is 129. The lowest BCUT2D eigenvalue weighted by atomic mass is 9.70. The van der Waals surface area contributed by atoms with Gasteiger partial charge in [-0.1, -0.05) is 109 Å². The van der Waals surface area contributed by atoms with Crippen molar-refractivity contribution in [1.82, 2.24) is 34.5 Å². The van der Waals surface area contributed by atoms with Crippen molar-refractivity contribution in [3.8, 4) is 23.3 Å². The maximum absolute atomic E-state index is 13.2. The zero-order valence-corrected chi connectivity index (χ0v) is 60.8. The third-order valence-electron chi connectivity index (χ3n) is 19.5. The van der Waals surface area contributed by atoms with Crippen LogP contribution in [-0.4, -0.2) is 169 Å². The van der Waals surface area contributed by atoms with Gasteiger partial charge >= 0.3 is 36.4 Å². The number of aromatic nitrogens is 7. The molecule has 0 bridgehead atoms. The van der Waals surface area contributed by atoms with Gasteiger partial charge in [0, 0.05) is 88.2 Å². The van der Waals surface area contributed by atoms with Crippen LogP contribution in [0.2, 0.25) is 0 Å². The lowest BCUT2D eigenvalue weighted by Gasteiger charge is -2.42. The summed E-state index contributed by atoms with van der Waals surface area (Å²) >= 11 is 0. The first-order valence-corrected chi connectivity index (χ1v) is 34.4. The smallest absolute Gasteiger partial charge is 0.451 e. The number of rotatable bonds is 15. The summed E-state index contributed by atoms with van der Waals surface area (Å²) in [6.45, 7) is 17.9. The summed E-state index contributed by atoms with van der Waals surface area (Å²) in [5.41, 5.74) is -5.61. The second kappa shape index (κ2) is 30.8. The number of carboxylic acids is 3. The molecule has 112 heavy (non-hydrogen) atoms. The van der Waals surface area contributed by atoms with Crippen LogP contribution in [0.4, 0.5) is 62.3 Å². The first-order valence-electron chi connectivity index (χ1n) is 34.4. The number of anilines is 4. The van der Waals surface area contributed by atoms with E-state index < -0.39 is 106 Å². The molecule has 0 saturated carbocycles. The van der Waals surface area contributed by atoms with Crippen LogP contribution < -0.4 is 19.6 Å². The average molecular weight is 1560 g/mol. The van der Waals surface area contributed by atoms with Gasteiger partial charge in [0.15, 0.2) is 5.82 Å². The van der Waals surface area contributed by atoms with Gasteiger partial charge in [0.05, 0.1) is 28.5 Å². The Kier molecular flexibility index (Phi) is 22.6. The van der Waals surface area contributed by atoms with Crippen molar-refractivity contribution < 1.29 is 113 Å². The van der Waals surface area contributed by atoms with Crippen LogP contribution in [0.1, 0.15) is 92.4 Å².